The monoisotopic (exact) mass is 270 g/mol. The van der Waals surface area contributed by atoms with E-state index in [4.69, 9.17) is 19.8 Å². The van der Waals surface area contributed by atoms with E-state index >= 15 is 0 Å². The van der Waals surface area contributed by atoms with Crippen molar-refractivity contribution >= 4 is 17.6 Å². The molecule has 0 saturated carbocycles. The summed E-state index contributed by atoms with van der Waals surface area (Å²) in [5.41, 5.74) is 0.494. The molecule has 0 heterocycles. The molecule has 0 spiro atoms. The summed E-state index contributed by atoms with van der Waals surface area (Å²) >= 11 is 0. The maximum absolute atomic E-state index is 12.5. The Kier molecular flexibility index (Phi) is 5.56. The zero-order chi connectivity index (χ0) is 14.5. The minimum Gasteiger partial charge on any atom is -0.473 e. The van der Waals surface area contributed by atoms with Crippen molar-refractivity contribution in [3.05, 3.63) is 29.3 Å². The van der Waals surface area contributed by atoms with Crippen molar-refractivity contribution in [1.82, 2.24) is 0 Å². The highest BCUT2D eigenvalue weighted by molar-refractivity contribution is 6.27. The summed E-state index contributed by atoms with van der Waals surface area (Å²) in [7, 11) is 0. The van der Waals surface area contributed by atoms with Crippen LogP contribution in [0.25, 0.3) is 0 Å². The van der Waals surface area contributed by atoms with Crippen LogP contribution in [-0.4, -0.2) is 22.2 Å². The molecule has 6 nitrogen and oxygen atoms in total. The first-order valence-corrected chi connectivity index (χ1v) is 3.98. The summed E-state index contributed by atoms with van der Waals surface area (Å²) in [5, 5.41) is 14.8. The van der Waals surface area contributed by atoms with Crippen molar-refractivity contribution in [2.75, 3.05) is 5.43 Å². The van der Waals surface area contributed by atoms with Gasteiger partial charge in [0.05, 0.1) is 0 Å². The molecule has 0 aliphatic rings. The van der Waals surface area contributed by atoms with E-state index in [2.05, 4.69) is 5.84 Å². The van der Waals surface area contributed by atoms with E-state index < -0.39 is 40.9 Å². The minimum atomic E-state index is -1.82. The van der Waals surface area contributed by atoms with Crippen LogP contribution in [-0.2, 0) is 9.59 Å². The van der Waals surface area contributed by atoms with Crippen LogP contribution in [0.15, 0.2) is 6.07 Å². The van der Waals surface area contributed by atoms with E-state index in [1.165, 1.54) is 5.43 Å². The van der Waals surface area contributed by atoms with E-state index in [1.807, 2.05) is 0 Å². The topological polar surface area (TPSA) is 113 Å². The predicted octanol–water partition coefficient (Wildman–Crippen LogP) is 0.684. The summed E-state index contributed by atoms with van der Waals surface area (Å²) in [6.07, 6.45) is 0. The Balaban J connectivity index is 0.000000411. The van der Waals surface area contributed by atoms with Gasteiger partial charge in [-0.3, -0.25) is 5.84 Å². The van der Waals surface area contributed by atoms with Crippen LogP contribution < -0.4 is 11.3 Å². The number of nitrogens with one attached hydrogen (secondary N) is 1. The molecule has 0 radical (unpaired) electrons. The number of benzene rings is 1. The van der Waals surface area contributed by atoms with Gasteiger partial charge in [0.15, 0.2) is 23.3 Å². The number of aliphatic carboxylic acids is 2. The lowest BCUT2D eigenvalue weighted by molar-refractivity contribution is -0.159. The van der Waals surface area contributed by atoms with Gasteiger partial charge in [0.25, 0.3) is 0 Å². The van der Waals surface area contributed by atoms with E-state index in [9.17, 15) is 17.6 Å². The first-order chi connectivity index (χ1) is 8.22. The number of halogens is 4. The molecular formula is C8H6F4N2O4. The van der Waals surface area contributed by atoms with Crippen LogP contribution in [0, 0.1) is 23.3 Å². The zero-order valence-corrected chi connectivity index (χ0v) is 8.38. The number of nitrogen functional groups attached to an aromatic ring is 1. The highest BCUT2D eigenvalue weighted by Crippen LogP contribution is 2.22. The maximum Gasteiger partial charge on any atom is 0.414 e. The van der Waals surface area contributed by atoms with Crippen molar-refractivity contribution in [2.45, 2.75) is 0 Å². The van der Waals surface area contributed by atoms with Crippen molar-refractivity contribution in [3.8, 4) is 0 Å². The highest BCUT2D eigenvalue weighted by atomic mass is 19.2. The molecule has 0 aromatic heterocycles. The summed E-state index contributed by atoms with van der Waals surface area (Å²) in [5.74, 6) is -5.11. The maximum atomic E-state index is 12.5. The number of carboxylic acids is 2. The Bertz CT molecular complexity index is 442. The standard InChI is InChI=1S/C6H4F4N2.C2H2O4/c7-2-1-3(8)5(10)6(12-11)4(2)9;3-1(4)2(5)6/h1,12H,11H2;(H,3,4)(H,5,6). The Labute approximate surface area is 96.6 Å². The summed E-state index contributed by atoms with van der Waals surface area (Å²) in [4.78, 5) is 18.2. The molecule has 10 heteroatoms. The molecule has 1 aromatic carbocycles. The van der Waals surface area contributed by atoms with Crippen LogP contribution in [0.1, 0.15) is 0 Å². The van der Waals surface area contributed by atoms with Crippen molar-refractivity contribution in [1.29, 1.82) is 0 Å². The van der Waals surface area contributed by atoms with Gasteiger partial charge in [0.1, 0.15) is 5.69 Å². The minimum absolute atomic E-state index is 0.103. The predicted molar refractivity (Wildman–Crippen MR) is 49.4 cm³/mol. The molecule has 1 rings (SSSR count). The molecule has 0 fully saturated rings. The van der Waals surface area contributed by atoms with Gasteiger partial charge in [0, 0.05) is 6.07 Å². The Morgan fingerprint density at radius 2 is 1.33 bits per heavy atom. The molecular weight excluding hydrogens is 264 g/mol. The second-order valence-electron chi connectivity index (χ2n) is 2.60. The molecule has 100 valence electrons. The quantitative estimate of drug-likeness (QED) is 0.196. The molecule has 1 aromatic rings. The van der Waals surface area contributed by atoms with Crippen LogP contribution >= 0.6 is 0 Å². The third-order valence-corrected chi connectivity index (χ3v) is 1.44. The van der Waals surface area contributed by atoms with Crippen molar-refractivity contribution in [2.24, 2.45) is 5.84 Å². The average Bonchev–Trinajstić information content (AvgIpc) is 2.28. The first kappa shape index (κ1) is 15.6. The lowest BCUT2D eigenvalue weighted by Crippen LogP contribution is -2.12. The van der Waals surface area contributed by atoms with E-state index in [-0.39, 0.29) is 6.07 Å². The number of nitrogens with two attached hydrogens (primary N) is 1. The summed E-state index contributed by atoms with van der Waals surface area (Å²) in [6.45, 7) is 0. The molecule has 18 heavy (non-hydrogen) atoms. The Morgan fingerprint density at radius 3 is 1.56 bits per heavy atom. The van der Waals surface area contributed by atoms with Crippen molar-refractivity contribution in [3.63, 3.8) is 0 Å². The number of carbonyl (C=O) groups is 2. The number of hydrogen-bond acceptors (Lipinski definition) is 4. The van der Waals surface area contributed by atoms with E-state index in [0.29, 0.717) is 0 Å². The molecule has 0 aliphatic heterocycles. The molecule has 0 saturated heterocycles. The van der Waals surface area contributed by atoms with E-state index in [1.54, 1.807) is 0 Å². The molecule has 0 atom stereocenters. The van der Waals surface area contributed by atoms with Gasteiger partial charge in [-0.2, -0.15) is 0 Å². The highest BCUT2D eigenvalue weighted by Gasteiger charge is 2.17. The van der Waals surface area contributed by atoms with Gasteiger partial charge >= 0.3 is 11.9 Å². The largest absolute Gasteiger partial charge is 0.473 e. The van der Waals surface area contributed by atoms with Crippen LogP contribution in [0.3, 0.4) is 0 Å². The number of carboxylic acid groups (broad SMARTS) is 2. The van der Waals surface area contributed by atoms with E-state index in [0.717, 1.165) is 0 Å². The molecule has 0 aliphatic carbocycles. The van der Waals surface area contributed by atoms with Crippen molar-refractivity contribution < 1.29 is 37.4 Å². The SMILES string of the molecule is NNc1c(F)c(F)cc(F)c1F.O=C(O)C(=O)O. The van der Waals surface area contributed by atoms with Gasteiger partial charge in [-0.1, -0.05) is 0 Å². The molecule has 5 N–H and O–H groups in total. The fourth-order valence-electron chi connectivity index (χ4n) is 0.700. The summed E-state index contributed by atoms with van der Waals surface area (Å²) in [6, 6.07) is 0.103. The normalized spacial score (nSPS) is 9.17. The van der Waals surface area contributed by atoms with Gasteiger partial charge in [0.2, 0.25) is 0 Å². The second-order valence-corrected chi connectivity index (χ2v) is 2.60. The summed E-state index contributed by atoms with van der Waals surface area (Å²) < 4.78 is 49.7. The van der Waals surface area contributed by atoms with Crippen LogP contribution in [0.4, 0.5) is 23.2 Å². The van der Waals surface area contributed by atoms with Gasteiger partial charge in [-0.15, -0.1) is 0 Å². The lowest BCUT2D eigenvalue weighted by atomic mass is 10.2. The number of hydrazine groups is 1. The average molecular weight is 270 g/mol. The van der Waals surface area contributed by atoms with Crippen LogP contribution in [0.5, 0.6) is 0 Å². The number of hydrogen-bond donors (Lipinski definition) is 4. The molecule has 0 amide bonds. The Hall–Kier alpha value is -2.36. The fraction of sp³-hybridized carbons (Fsp3) is 0. The first-order valence-electron chi connectivity index (χ1n) is 3.98. The third kappa shape index (κ3) is 3.90. The van der Waals surface area contributed by atoms with Gasteiger partial charge in [-0.25, -0.2) is 27.2 Å². The van der Waals surface area contributed by atoms with Gasteiger partial charge < -0.3 is 15.6 Å². The van der Waals surface area contributed by atoms with Crippen LogP contribution in [0.2, 0.25) is 0 Å². The Morgan fingerprint density at radius 1 is 1.00 bits per heavy atom. The molecule has 0 unspecified atom stereocenters. The second kappa shape index (κ2) is 6.39. The zero-order valence-electron chi connectivity index (χ0n) is 8.38. The third-order valence-electron chi connectivity index (χ3n) is 1.44. The van der Waals surface area contributed by atoms with Gasteiger partial charge in [-0.05, 0) is 0 Å². The fourth-order valence-corrected chi connectivity index (χ4v) is 0.700. The number of anilines is 1. The lowest BCUT2D eigenvalue weighted by Gasteiger charge is -2.04. The number of rotatable bonds is 1. The molecule has 0 bridgehead atoms. The smallest absolute Gasteiger partial charge is 0.414 e.